The van der Waals surface area contributed by atoms with E-state index in [0.29, 0.717) is 11.1 Å². The van der Waals surface area contributed by atoms with E-state index in [1.54, 1.807) is 60.7 Å². The molecule has 3 aromatic rings. The Labute approximate surface area is 183 Å². The van der Waals surface area contributed by atoms with Crippen molar-refractivity contribution in [1.29, 1.82) is 0 Å². The molecule has 0 atom stereocenters. The number of benzene rings is 2. The molecule has 0 saturated heterocycles. The molecule has 0 saturated carbocycles. The van der Waals surface area contributed by atoms with E-state index in [4.69, 9.17) is 4.74 Å². The molecule has 3 rings (SSSR count). The average Bonchev–Trinajstić information content (AvgIpc) is 2.79. The summed E-state index contributed by atoms with van der Waals surface area (Å²) in [5, 5.41) is 9.59. The Morgan fingerprint density at radius 2 is 1.66 bits per heavy atom. The van der Waals surface area contributed by atoms with Gasteiger partial charge < -0.3 is 14.4 Å². The third-order valence-corrected chi connectivity index (χ3v) is 4.61. The zero-order valence-electron chi connectivity index (χ0n) is 17.1. The summed E-state index contributed by atoms with van der Waals surface area (Å²) in [7, 11) is 0. The van der Waals surface area contributed by atoms with E-state index in [2.05, 4.69) is 6.58 Å². The number of carbonyl (C=O) groups is 2. The Bertz CT molecular complexity index is 1180. The third kappa shape index (κ3) is 5.10. The van der Waals surface area contributed by atoms with Gasteiger partial charge in [-0.25, -0.2) is 4.79 Å². The van der Waals surface area contributed by atoms with Gasteiger partial charge in [0.15, 0.2) is 11.4 Å². The van der Waals surface area contributed by atoms with E-state index in [1.165, 1.54) is 6.08 Å². The summed E-state index contributed by atoms with van der Waals surface area (Å²) >= 11 is 0. The number of aromatic carboxylic acids is 1. The highest BCUT2D eigenvalue weighted by Gasteiger charge is 2.28. The normalized spacial score (nSPS) is 10.4. The largest absolute Gasteiger partial charge is 0.482 e. The van der Waals surface area contributed by atoms with Gasteiger partial charge in [-0.05, 0) is 11.1 Å². The minimum atomic E-state index is -1.42. The molecule has 1 aromatic heterocycles. The molecule has 164 valence electrons. The monoisotopic (exact) mass is 436 g/mol. The quantitative estimate of drug-likeness (QED) is 0.407. The standard InChI is InChI=1S/C24H21FN2O5/c1-2-13-26-15-19(23(29)27(25)14-17-9-5-3-6-10-17)21(28)22(20(26)24(30)31)32-16-18-11-7-4-8-12-18/h2-12,15H,1,13-14,16H2,(H,30,31). The molecule has 0 aliphatic carbocycles. The van der Waals surface area contributed by atoms with Gasteiger partial charge in [-0.3, -0.25) is 9.59 Å². The molecule has 0 unspecified atom stereocenters. The van der Waals surface area contributed by atoms with Crippen LogP contribution in [-0.2, 0) is 19.7 Å². The molecule has 2 aromatic carbocycles. The second-order valence-electron chi connectivity index (χ2n) is 6.88. The van der Waals surface area contributed by atoms with Crippen molar-refractivity contribution in [2.24, 2.45) is 0 Å². The lowest BCUT2D eigenvalue weighted by Crippen LogP contribution is -2.31. The number of carboxylic acids is 1. The lowest BCUT2D eigenvalue weighted by Gasteiger charge is -2.17. The van der Waals surface area contributed by atoms with Crippen molar-refractivity contribution in [3.8, 4) is 5.75 Å². The molecule has 1 amide bonds. The third-order valence-electron chi connectivity index (χ3n) is 4.61. The first-order valence-electron chi connectivity index (χ1n) is 9.72. The van der Waals surface area contributed by atoms with Crippen molar-refractivity contribution < 1.29 is 23.9 Å². The number of hydrogen-bond acceptors (Lipinski definition) is 4. The summed E-state index contributed by atoms with van der Waals surface area (Å²) in [6.45, 7) is 3.05. The Balaban J connectivity index is 2.02. The topological polar surface area (TPSA) is 88.8 Å². The van der Waals surface area contributed by atoms with Crippen LogP contribution in [0, 0.1) is 0 Å². The fourth-order valence-corrected chi connectivity index (χ4v) is 3.10. The number of carboxylic acid groups (broad SMARTS) is 1. The van der Waals surface area contributed by atoms with Crippen molar-refractivity contribution >= 4 is 11.9 Å². The smallest absolute Gasteiger partial charge is 0.356 e. The number of hydrogen-bond donors (Lipinski definition) is 1. The Hall–Kier alpha value is -4.20. The maximum absolute atomic E-state index is 14.7. The van der Waals surface area contributed by atoms with E-state index in [-0.39, 0.29) is 24.8 Å². The summed E-state index contributed by atoms with van der Waals surface area (Å²) in [5.74, 6) is -3.16. The first-order valence-corrected chi connectivity index (χ1v) is 9.72. The van der Waals surface area contributed by atoms with Gasteiger partial charge in [0, 0.05) is 12.7 Å². The van der Waals surface area contributed by atoms with Gasteiger partial charge in [-0.15, -0.1) is 6.58 Å². The molecule has 0 aliphatic rings. The highest BCUT2D eigenvalue weighted by Crippen LogP contribution is 2.19. The number of amides is 1. The SMILES string of the molecule is C=CCn1cc(C(=O)N(F)Cc2ccccc2)c(=O)c(OCc2ccccc2)c1C(=O)O. The molecule has 0 bridgehead atoms. The summed E-state index contributed by atoms with van der Waals surface area (Å²) in [5.41, 5.74) is -0.780. The number of carbonyl (C=O) groups excluding carboxylic acids is 1. The minimum absolute atomic E-state index is 0.0329. The van der Waals surface area contributed by atoms with Crippen LogP contribution in [0.15, 0.2) is 84.3 Å². The molecule has 0 fully saturated rings. The summed E-state index contributed by atoms with van der Waals surface area (Å²) in [6, 6.07) is 17.2. The van der Waals surface area contributed by atoms with Crippen LogP contribution in [0.1, 0.15) is 32.0 Å². The Morgan fingerprint density at radius 3 is 2.22 bits per heavy atom. The molecule has 0 radical (unpaired) electrons. The van der Waals surface area contributed by atoms with Crippen LogP contribution in [0.4, 0.5) is 4.48 Å². The van der Waals surface area contributed by atoms with Crippen LogP contribution in [0.25, 0.3) is 0 Å². The fourth-order valence-electron chi connectivity index (χ4n) is 3.10. The van der Waals surface area contributed by atoms with Gasteiger partial charge in [-0.1, -0.05) is 71.2 Å². The van der Waals surface area contributed by atoms with Crippen LogP contribution in [0.5, 0.6) is 5.75 Å². The maximum Gasteiger partial charge on any atom is 0.356 e. The maximum atomic E-state index is 14.7. The average molecular weight is 436 g/mol. The predicted octanol–water partition coefficient (Wildman–Crippen LogP) is 3.84. The molecule has 0 aliphatic heterocycles. The molecule has 8 heteroatoms. The van der Waals surface area contributed by atoms with Gasteiger partial charge in [0.2, 0.25) is 5.43 Å². The van der Waals surface area contributed by atoms with Crippen molar-refractivity contribution in [3.05, 3.63) is 112 Å². The van der Waals surface area contributed by atoms with Gasteiger partial charge >= 0.3 is 5.97 Å². The molecule has 1 N–H and O–H groups in total. The van der Waals surface area contributed by atoms with Crippen LogP contribution in [-0.4, -0.2) is 26.7 Å². The van der Waals surface area contributed by atoms with E-state index in [9.17, 15) is 24.0 Å². The molecular weight excluding hydrogens is 415 g/mol. The summed E-state index contributed by atoms with van der Waals surface area (Å²) < 4.78 is 21.3. The molecule has 32 heavy (non-hydrogen) atoms. The second kappa shape index (κ2) is 10.2. The van der Waals surface area contributed by atoms with E-state index in [1.807, 2.05) is 0 Å². The highest BCUT2D eigenvalue weighted by molar-refractivity contribution is 5.96. The Kier molecular flexibility index (Phi) is 7.17. The van der Waals surface area contributed by atoms with Crippen molar-refractivity contribution in [1.82, 2.24) is 9.69 Å². The number of nitrogens with zero attached hydrogens (tertiary/aromatic N) is 2. The van der Waals surface area contributed by atoms with Crippen molar-refractivity contribution in [3.63, 3.8) is 0 Å². The summed E-state index contributed by atoms with van der Waals surface area (Å²) in [6.07, 6.45) is 2.41. The van der Waals surface area contributed by atoms with Crippen LogP contribution >= 0.6 is 0 Å². The predicted molar refractivity (Wildman–Crippen MR) is 116 cm³/mol. The van der Waals surface area contributed by atoms with Gasteiger partial charge in [0.25, 0.3) is 5.91 Å². The Morgan fingerprint density at radius 1 is 1.06 bits per heavy atom. The first kappa shape index (κ1) is 22.5. The molecule has 1 heterocycles. The number of ether oxygens (including phenoxy) is 1. The van der Waals surface area contributed by atoms with Crippen LogP contribution < -0.4 is 10.2 Å². The van der Waals surface area contributed by atoms with Crippen molar-refractivity contribution in [2.45, 2.75) is 19.7 Å². The number of halogens is 1. The molecule has 7 nitrogen and oxygen atoms in total. The minimum Gasteiger partial charge on any atom is -0.482 e. The molecular formula is C24H21FN2O5. The molecule has 0 spiro atoms. The van der Waals surface area contributed by atoms with Crippen LogP contribution in [0.2, 0.25) is 0 Å². The first-order chi connectivity index (χ1) is 15.4. The van der Waals surface area contributed by atoms with Gasteiger partial charge in [0.1, 0.15) is 12.2 Å². The van der Waals surface area contributed by atoms with Crippen LogP contribution in [0.3, 0.4) is 0 Å². The second-order valence-corrected chi connectivity index (χ2v) is 6.88. The van der Waals surface area contributed by atoms with Gasteiger partial charge in [0.05, 0.1) is 6.54 Å². The lowest BCUT2D eigenvalue weighted by molar-refractivity contribution is 0.0145. The highest BCUT2D eigenvalue weighted by atomic mass is 19.2. The lowest BCUT2D eigenvalue weighted by atomic mass is 10.1. The van der Waals surface area contributed by atoms with E-state index in [0.717, 1.165) is 10.8 Å². The fraction of sp³-hybridized carbons (Fsp3) is 0.125. The number of pyridine rings is 1. The summed E-state index contributed by atoms with van der Waals surface area (Å²) in [4.78, 5) is 37.7. The zero-order chi connectivity index (χ0) is 23.1. The van der Waals surface area contributed by atoms with Crippen molar-refractivity contribution in [2.75, 3.05) is 0 Å². The van der Waals surface area contributed by atoms with E-state index >= 15 is 0 Å². The number of aromatic nitrogens is 1. The van der Waals surface area contributed by atoms with E-state index < -0.39 is 34.3 Å². The van der Waals surface area contributed by atoms with Gasteiger partial charge in [-0.2, -0.15) is 5.12 Å². The number of allylic oxidation sites excluding steroid dienone is 1. The number of rotatable bonds is 9. The zero-order valence-corrected chi connectivity index (χ0v) is 17.1.